The van der Waals surface area contributed by atoms with Crippen LogP contribution in [0.25, 0.3) is 0 Å². The first-order valence-electron chi connectivity index (χ1n) is 26.5. The minimum atomic E-state index is 0. The van der Waals surface area contributed by atoms with Crippen LogP contribution in [0.1, 0.15) is 173 Å². The van der Waals surface area contributed by atoms with E-state index in [1.807, 2.05) is 0 Å². The number of unbranched alkanes of at least 4 members (excludes halogenated alkanes) is 8. The van der Waals surface area contributed by atoms with Crippen molar-refractivity contribution in [3.8, 4) is 23.0 Å². The number of fused-ring (bicyclic) bond motifs is 8. The van der Waals surface area contributed by atoms with Crippen LogP contribution in [0, 0.1) is 23.7 Å². The summed E-state index contributed by atoms with van der Waals surface area (Å²) in [7, 11) is 0. The zero-order valence-corrected chi connectivity index (χ0v) is 44.4. The molecule has 0 saturated carbocycles. The summed E-state index contributed by atoms with van der Waals surface area (Å²) in [5, 5.41) is 0. The Kier molecular flexibility index (Phi) is 19.1. The molecule has 0 fully saturated rings. The van der Waals surface area contributed by atoms with Crippen LogP contribution >= 0.6 is 0 Å². The monoisotopic (exact) mass is 1060 g/mol. The Balaban J connectivity index is 0.00000711. The van der Waals surface area contributed by atoms with E-state index in [4.69, 9.17) is 38.9 Å². The van der Waals surface area contributed by atoms with E-state index in [0.717, 1.165) is 192 Å². The molecule has 379 valence electrons. The zero-order chi connectivity index (χ0) is 49.5. The van der Waals surface area contributed by atoms with Gasteiger partial charge in [0.1, 0.15) is 23.0 Å². The van der Waals surface area contributed by atoms with E-state index in [9.17, 15) is 0 Å². The summed E-state index contributed by atoms with van der Waals surface area (Å²) in [6.07, 6.45) is 13.3. The van der Waals surface area contributed by atoms with Gasteiger partial charge in [-0.1, -0.05) is 79.1 Å². The number of aromatic nitrogens is 4. The van der Waals surface area contributed by atoms with Crippen LogP contribution in [0.4, 0.5) is 0 Å². The van der Waals surface area contributed by atoms with Crippen LogP contribution in [-0.2, 0) is 22.4 Å². The van der Waals surface area contributed by atoms with Crippen LogP contribution in [0.5, 0.6) is 23.0 Å². The van der Waals surface area contributed by atoms with Gasteiger partial charge >= 0.3 is 0 Å². The topological polar surface area (TPSA) is 93.3 Å². The summed E-state index contributed by atoms with van der Waals surface area (Å²) in [5.41, 5.74) is 10.4. The van der Waals surface area contributed by atoms with Gasteiger partial charge < -0.3 is 38.9 Å². The third kappa shape index (κ3) is 13.2. The first-order valence-corrected chi connectivity index (χ1v) is 26.5. The molecule has 9 heteroatoms. The Morgan fingerprint density at radius 2 is 0.438 bits per heavy atom. The van der Waals surface area contributed by atoms with Gasteiger partial charge in [0.25, 0.3) is 0 Å². The Bertz CT molecular complexity index is 2370. The first-order chi connectivity index (χ1) is 35.5. The number of hydrogen-bond acceptors (Lipinski definition) is 4. The van der Waals surface area contributed by atoms with Gasteiger partial charge in [-0.15, -0.1) is 0 Å². The van der Waals surface area contributed by atoms with Crippen molar-refractivity contribution in [1.82, 2.24) is 19.9 Å². The number of ether oxygens (including phenoxy) is 4. The number of benzene rings is 4. The van der Waals surface area contributed by atoms with Crippen molar-refractivity contribution in [1.29, 1.82) is 0 Å². The largest absolute Gasteiger partial charge is 0.628 e. The molecule has 0 atom stereocenters. The molecule has 0 saturated heterocycles. The summed E-state index contributed by atoms with van der Waals surface area (Å²) in [5.74, 6) is 7.06. The predicted molar refractivity (Wildman–Crippen MR) is 287 cm³/mol. The maximum Gasteiger partial charge on any atom is 0.134 e. The van der Waals surface area contributed by atoms with E-state index in [0.29, 0.717) is 26.4 Å². The molecule has 0 aliphatic carbocycles. The molecule has 1 aliphatic rings. The second kappa shape index (κ2) is 26.4. The maximum absolute atomic E-state index is 6.18. The van der Waals surface area contributed by atoms with E-state index < -0.39 is 0 Å². The molecule has 9 rings (SSSR count). The Labute approximate surface area is 450 Å². The molecule has 1 aliphatic heterocycles. The van der Waals surface area contributed by atoms with Gasteiger partial charge in [0.15, 0.2) is 0 Å². The van der Waals surface area contributed by atoms with Gasteiger partial charge in [-0.05, 0) is 71.2 Å². The average molecular weight is 1070 g/mol. The third-order valence-corrected chi connectivity index (χ3v) is 13.2. The second-order valence-corrected chi connectivity index (χ2v) is 18.7. The van der Waals surface area contributed by atoms with Crippen LogP contribution in [0.2, 0.25) is 0 Å². The molecule has 0 spiro atoms. The molecule has 1 radical (unpaired) electrons. The summed E-state index contributed by atoms with van der Waals surface area (Å²) < 4.78 is 24.7. The Morgan fingerprint density at radius 1 is 0.260 bits per heavy atom. The summed E-state index contributed by atoms with van der Waals surface area (Å²) in [4.78, 5) is 22.0. The molecular formula is C64H68AgN4O4. The van der Waals surface area contributed by atoms with Crippen LogP contribution in [0.15, 0.2) is 146 Å². The van der Waals surface area contributed by atoms with Crippen molar-refractivity contribution in [3.63, 3.8) is 0 Å². The van der Waals surface area contributed by atoms with Gasteiger partial charge in [-0.2, -0.15) is 0 Å². The van der Waals surface area contributed by atoms with Crippen molar-refractivity contribution in [2.45, 2.75) is 105 Å². The minimum absolute atomic E-state index is 0. The SMILES string of the molecule is CCCCCOc1ccc([C+]2c3ccc([n-]3)[C+](c3ccc(OCCCCC)cc3)c3ccc([n-]3)[C+](c3ccc(OCCCCC)cc3)c3ccc([n-]3)[C+](c3ccc(OCCCCC)cc3)c3ccc2[n-]3)cc1.[Ag]. The molecule has 0 N–H and O–H groups in total. The average Bonchev–Trinajstić information content (AvgIpc) is 4.27. The van der Waals surface area contributed by atoms with E-state index in [-0.39, 0.29) is 22.4 Å². The van der Waals surface area contributed by atoms with Crippen molar-refractivity contribution in [3.05, 3.63) is 237 Å². The van der Waals surface area contributed by atoms with Gasteiger partial charge in [0.2, 0.25) is 0 Å². The number of rotatable bonds is 24. The Hall–Kier alpha value is -6.58. The fraction of sp³-hybridized carbons (Fsp3) is 0.312. The molecule has 8 bridgehead atoms. The molecule has 5 heterocycles. The first kappa shape index (κ1) is 52.7. The van der Waals surface area contributed by atoms with Crippen LogP contribution in [0.3, 0.4) is 0 Å². The van der Waals surface area contributed by atoms with Crippen LogP contribution in [-0.4, -0.2) is 26.4 Å². The molecule has 73 heavy (non-hydrogen) atoms. The number of nitrogens with zero attached hydrogens (tertiary/aromatic N) is 4. The van der Waals surface area contributed by atoms with Crippen LogP contribution < -0.4 is 38.9 Å². The molecule has 8 nitrogen and oxygen atoms in total. The van der Waals surface area contributed by atoms with Crippen molar-refractivity contribution < 1.29 is 41.3 Å². The smallest absolute Gasteiger partial charge is 0.134 e. The normalized spacial score (nSPS) is 12.2. The number of hydrogen-bond donors (Lipinski definition) is 0. The fourth-order valence-electron chi connectivity index (χ4n) is 9.31. The summed E-state index contributed by atoms with van der Waals surface area (Å²) in [6.45, 7) is 11.6. The van der Waals surface area contributed by atoms with E-state index >= 15 is 0 Å². The van der Waals surface area contributed by atoms with E-state index in [1.54, 1.807) is 0 Å². The zero-order valence-electron chi connectivity index (χ0n) is 42.9. The quantitative estimate of drug-likeness (QED) is 0.0336. The maximum atomic E-state index is 6.18. The molecule has 0 amide bonds. The third-order valence-electron chi connectivity index (χ3n) is 13.2. The Morgan fingerprint density at radius 3 is 0.603 bits per heavy atom. The van der Waals surface area contributed by atoms with Gasteiger partial charge in [0.05, 0.1) is 48.7 Å². The molecule has 0 unspecified atom stereocenters. The van der Waals surface area contributed by atoms with Gasteiger partial charge in [-0.3, -0.25) is 0 Å². The minimum Gasteiger partial charge on any atom is -0.628 e. The predicted octanol–water partition coefficient (Wildman–Crippen LogP) is 14.2. The summed E-state index contributed by atoms with van der Waals surface area (Å²) in [6, 6.07) is 50.3. The molecule has 4 aromatic carbocycles. The second-order valence-electron chi connectivity index (χ2n) is 18.7. The standard InChI is InChI=1S/C64H68N4O4.Ag/c1-5-9-13-41-69-49-25-17-45(18-26-49)61-53-33-35-55(65-53)62(46-19-27-50(28-20-46)70-42-14-10-6-2)57-37-39-59(67-57)64(48-23-31-52(32-24-48)72-44-16-12-8-4)60-40-38-58(68-60)63(56-36-34-54(61)66-56)47-21-29-51(30-22-47)71-43-15-11-7-3;/h17-40H,5-16,41-44H2,1-4H3;. The van der Waals surface area contributed by atoms with Crippen molar-refractivity contribution in [2.75, 3.05) is 26.4 Å². The fourth-order valence-corrected chi connectivity index (χ4v) is 9.31. The molecular weight excluding hydrogens is 997 g/mol. The molecule has 8 aromatic rings. The van der Waals surface area contributed by atoms with Crippen molar-refractivity contribution >= 4 is 0 Å². The van der Waals surface area contributed by atoms with Crippen molar-refractivity contribution in [2.24, 2.45) is 0 Å². The van der Waals surface area contributed by atoms with E-state index in [2.05, 4.69) is 173 Å². The van der Waals surface area contributed by atoms with Gasteiger partial charge in [0, 0.05) is 192 Å². The van der Waals surface area contributed by atoms with E-state index in [1.165, 1.54) is 0 Å². The van der Waals surface area contributed by atoms with Gasteiger partial charge in [-0.25, -0.2) is 0 Å². The summed E-state index contributed by atoms with van der Waals surface area (Å²) >= 11 is 0. The molecule has 4 aromatic heterocycles.